The van der Waals surface area contributed by atoms with Gasteiger partial charge >= 0.3 is 5.97 Å². The first-order valence-electron chi connectivity index (χ1n) is 6.39. The fourth-order valence-corrected chi connectivity index (χ4v) is 3.59. The summed E-state index contributed by atoms with van der Waals surface area (Å²) in [5, 5.41) is 11.1. The van der Waals surface area contributed by atoms with Crippen LogP contribution in [0.1, 0.15) is 33.8 Å². The highest BCUT2D eigenvalue weighted by molar-refractivity contribution is 7.10. The average Bonchev–Trinajstić information content (AvgIpc) is 2.89. The van der Waals surface area contributed by atoms with Gasteiger partial charge in [-0.2, -0.15) is 0 Å². The minimum atomic E-state index is -1.01. The van der Waals surface area contributed by atoms with E-state index < -0.39 is 5.97 Å². The molecular weight excluding hydrogens is 274 g/mol. The van der Waals surface area contributed by atoms with E-state index in [1.165, 1.54) is 22.7 Å². The maximum absolute atomic E-state index is 10.9. The Labute approximate surface area is 120 Å². The van der Waals surface area contributed by atoms with Crippen molar-refractivity contribution >= 4 is 28.8 Å². The van der Waals surface area contributed by atoms with Crippen LogP contribution in [0.4, 0.5) is 11.5 Å². The van der Waals surface area contributed by atoms with Crippen LogP contribution < -0.4 is 10.6 Å². The first-order chi connectivity index (χ1) is 9.58. The van der Waals surface area contributed by atoms with E-state index in [9.17, 15) is 4.79 Å². The Kier molecular flexibility index (Phi) is 3.10. The number of hydrogen-bond acceptors (Lipinski definition) is 5. The van der Waals surface area contributed by atoms with Gasteiger partial charge in [-0.25, -0.2) is 9.78 Å². The van der Waals surface area contributed by atoms with Crippen LogP contribution in [-0.2, 0) is 6.42 Å². The number of rotatable bonds is 2. The van der Waals surface area contributed by atoms with Gasteiger partial charge in [-0.15, -0.1) is 11.3 Å². The number of anilines is 2. The fourth-order valence-electron chi connectivity index (χ4n) is 2.63. The highest BCUT2D eigenvalue weighted by atomic mass is 32.1. The molecule has 1 aliphatic heterocycles. The van der Waals surface area contributed by atoms with Crippen LogP contribution in [0.5, 0.6) is 0 Å². The quantitative estimate of drug-likeness (QED) is 0.888. The zero-order valence-corrected chi connectivity index (χ0v) is 11.9. The maximum atomic E-state index is 10.9. The molecule has 5 nitrogen and oxygen atoms in total. The Morgan fingerprint density at radius 3 is 3.10 bits per heavy atom. The minimum Gasteiger partial charge on any atom is -0.478 e. The zero-order chi connectivity index (χ0) is 14.3. The maximum Gasteiger partial charge on any atom is 0.337 e. The molecule has 0 saturated heterocycles. The number of pyridine rings is 1. The lowest BCUT2D eigenvalue weighted by molar-refractivity contribution is 0.0696. The molecule has 20 heavy (non-hydrogen) atoms. The molecule has 2 aromatic rings. The second-order valence-electron chi connectivity index (χ2n) is 4.86. The van der Waals surface area contributed by atoms with Gasteiger partial charge in [0.15, 0.2) is 5.82 Å². The van der Waals surface area contributed by atoms with E-state index >= 15 is 0 Å². The molecule has 2 aromatic heterocycles. The van der Waals surface area contributed by atoms with Gasteiger partial charge in [0.2, 0.25) is 0 Å². The Bertz CT molecular complexity index is 668. The molecule has 104 valence electrons. The standard InChI is InChI=1S/C14H15N3O2S/c1-8-10-3-5-20-12(10)2-4-17(8)13-11(15)6-9(7-16-13)14(18)19/h3,5-8H,2,4,15H2,1H3,(H,18,19). The summed E-state index contributed by atoms with van der Waals surface area (Å²) in [5.41, 5.74) is 7.82. The zero-order valence-electron chi connectivity index (χ0n) is 11.0. The van der Waals surface area contributed by atoms with Crippen LogP contribution in [0.3, 0.4) is 0 Å². The predicted octanol–water partition coefficient (Wildman–Crippen LogP) is 2.55. The molecule has 0 radical (unpaired) electrons. The first-order valence-corrected chi connectivity index (χ1v) is 7.27. The van der Waals surface area contributed by atoms with Crippen LogP contribution in [0.2, 0.25) is 0 Å². The lowest BCUT2D eigenvalue weighted by atomic mass is 10.0. The van der Waals surface area contributed by atoms with E-state index in [1.54, 1.807) is 11.3 Å². The molecule has 6 heteroatoms. The van der Waals surface area contributed by atoms with E-state index in [1.807, 2.05) is 0 Å². The number of nitrogens with zero attached hydrogens (tertiary/aromatic N) is 2. The topological polar surface area (TPSA) is 79.5 Å². The predicted molar refractivity (Wildman–Crippen MR) is 79.4 cm³/mol. The third kappa shape index (κ3) is 2.02. The number of carboxylic acid groups (broad SMARTS) is 1. The van der Waals surface area contributed by atoms with Crippen molar-refractivity contribution in [2.75, 3.05) is 17.2 Å². The SMILES string of the molecule is CC1c2ccsc2CCN1c1ncc(C(=O)O)cc1N. The molecule has 1 atom stereocenters. The molecule has 3 N–H and O–H groups in total. The van der Waals surface area contributed by atoms with Gasteiger partial charge in [0, 0.05) is 17.6 Å². The van der Waals surface area contributed by atoms with Crippen molar-refractivity contribution in [2.24, 2.45) is 0 Å². The summed E-state index contributed by atoms with van der Waals surface area (Å²) in [6, 6.07) is 3.81. The highest BCUT2D eigenvalue weighted by Gasteiger charge is 2.27. The third-order valence-corrected chi connectivity index (χ3v) is 4.69. The molecule has 0 aliphatic carbocycles. The Morgan fingerprint density at radius 2 is 2.40 bits per heavy atom. The number of aromatic nitrogens is 1. The van der Waals surface area contributed by atoms with Crippen molar-refractivity contribution in [3.8, 4) is 0 Å². The number of aromatic carboxylic acids is 1. The van der Waals surface area contributed by atoms with Gasteiger partial charge in [0.05, 0.1) is 17.3 Å². The summed E-state index contributed by atoms with van der Waals surface area (Å²) in [6.07, 6.45) is 2.34. The summed E-state index contributed by atoms with van der Waals surface area (Å²) >= 11 is 1.78. The molecule has 0 amide bonds. The van der Waals surface area contributed by atoms with E-state index in [0.29, 0.717) is 11.5 Å². The fraction of sp³-hybridized carbons (Fsp3) is 0.286. The summed E-state index contributed by atoms with van der Waals surface area (Å²) in [4.78, 5) is 18.7. The number of fused-ring (bicyclic) bond motifs is 1. The monoisotopic (exact) mass is 289 g/mol. The number of thiophene rings is 1. The lowest BCUT2D eigenvalue weighted by Gasteiger charge is -2.35. The smallest absolute Gasteiger partial charge is 0.337 e. The second kappa shape index (κ2) is 4.79. The van der Waals surface area contributed by atoms with Gasteiger partial charge in [-0.05, 0) is 36.4 Å². The normalized spacial score (nSPS) is 17.9. The molecular formula is C14H15N3O2S. The van der Waals surface area contributed by atoms with Gasteiger partial charge in [0.1, 0.15) is 0 Å². The van der Waals surface area contributed by atoms with Crippen molar-refractivity contribution in [1.29, 1.82) is 0 Å². The van der Waals surface area contributed by atoms with Crippen molar-refractivity contribution in [2.45, 2.75) is 19.4 Å². The summed E-state index contributed by atoms with van der Waals surface area (Å²) in [6.45, 7) is 2.97. The van der Waals surface area contributed by atoms with Crippen LogP contribution in [0.25, 0.3) is 0 Å². The van der Waals surface area contributed by atoms with Crippen LogP contribution in [-0.4, -0.2) is 22.6 Å². The van der Waals surface area contributed by atoms with E-state index in [2.05, 4.69) is 28.3 Å². The Hall–Kier alpha value is -2.08. The molecule has 0 fully saturated rings. The van der Waals surface area contributed by atoms with Crippen molar-refractivity contribution in [1.82, 2.24) is 4.98 Å². The summed E-state index contributed by atoms with van der Waals surface area (Å²) in [7, 11) is 0. The van der Waals surface area contributed by atoms with Crippen molar-refractivity contribution in [3.63, 3.8) is 0 Å². The van der Waals surface area contributed by atoms with Gasteiger partial charge < -0.3 is 15.7 Å². The summed E-state index contributed by atoms with van der Waals surface area (Å²) < 4.78 is 0. The van der Waals surface area contributed by atoms with Crippen molar-refractivity contribution < 1.29 is 9.90 Å². The molecule has 0 aromatic carbocycles. The minimum absolute atomic E-state index is 0.118. The Balaban J connectivity index is 1.96. The molecule has 0 spiro atoms. The largest absolute Gasteiger partial charge is 0.478 e. The second-order valence-corrected chi connectivity index (χ2v) is 5.86. The van der Waals surface area contributed by atoms with Crippen LogP contribution in [0, 0.1) is 0 Å². The third-order valence-electron chi connectivity index (χ3n) is 3.69. The number of carbonyl (C=O) groups is 1. The molecule has 0 bridgehead atoms. The van der Waals surface area contributed by atoms with E-state index in [0.717, 1.165) is 13.0 Å². The molecule has 3 heterocycles. The van der Waals surface area contributed by atoms with Gasteiger partial charge in [-0.3, -0.25) is 0 Å². The summed E-state index contributed by atoms with van der Waals surface area (Å²) in [5.74, 6) is -0.345. The number of carboxylic acids is 1. The molecule has 0 saturated carbocycles. The van der Waals surface area contributed by atoms with Crippen molar-refractivity contribution in [3.05, 3.63) is 39.7 Å². The number of nitrogen functional groups attached to an aromatic ring is 1. The molecule has 1 unspecified atom stereocenters. The number of hydrogen-bond donors (Lipinski definition) is 2. The molecule has 3 rings (SSSR count). The van der Waals surface area contributed by atoms with Crippen LogP contribution >= 0.6 is 11.3 Å². The highest BCUT2D eigenvalue weighted by Crippen LogP contribution is 2.37. The lowest BCUT2D eigenvalue weighted by Crippen LogP contribution is -2.34. The molecule has 1 aliphatic rings. The van der Waals surface area contributed by atoms with Crippen LogP contribution in [0.15, 0.2) is 23.7 Å². The van der Waals surface area contributed by atoms with E-state index in [-0.39, 0.29) is 11.6 Å². The Morgan fingerprint density at radius 1 is 1.60 bits per heavy atom. The average molecular weight is 289 g/mol. The van der Waals surface area contributed by atoms with Gasteiger partial charge in [0.25, 0.3) is 0 Å². The van der Waals surface area contributed by atoms with Gasteiger partial charge in [-0.1, -0.05) is 0 Å². The number of nitrogens with two attached hydrogens (primary N) is 1. The van der Waals surface area contributed by atoms with E-state index in [4.69, 9.17) is 10.8 Å². The first kappa shape index (κ1) is 12.9.